The third kappa shape index (κ3) is 5.24. The number of hydrogen-bond acceptors (Lipinski definition) is 6. The number of rotatable bonds is 8. The first kappa shape index (κ1) is 19.3. The van der Waals surface area contributed by atoms with E-state index in [1.54, 1.807) is 26.1 Å². The largest absolute Gasteiger partial charge is 0.374 e. The van der Waals surface area contributed by atoms with E-state index in [-0.39, 0.29) is 17.8 Å². The van der Waals surface area contributed by atoms with Gasteiger partial charge >= 0.3 is 0 Å². The molecule has 2 heterocycles. The molecule has 0 radical (unpaired) electrons. The maximum absolute atomic E-state index is 12.5. The second kappa shape index (κ2) is 8.89. The van der Waals surface area contributed by atoms with Crippen LogP contribution >= 0.6 is 7.37 Å². The predicted molar refractivity (Wildman–Crippen MR) is 89.3 cm³/mol. The van der Waals surface area contributed by atoms with E-state index in [1.165, 1.54) is 6.07 Å². The van der Waals surface area contributed by atoms with Gasteiger partial charge in [0.15, 0.2) is 0 Å². The number of H-pyrrole nitrogens is 1. The summed E-state index contributed by atoms with van der Waals surface area (Å²) in [5, 5.41) is 3.25. The Hall–Kier alpha value is -1.02. The summed E-state index contributed by atoms with van der Waals surface area (Å²) < 4.78 is 28.7. The average Bonchev–Trinajstić information content (AvgIpc) is 2.55. The first-order valence-electron chi connectivity index (χ1n) is 8.04. The van der Waals surface area contributed by atoms with Crippen LogP contribution in [0.3, 0.4) is 0 Å². The summed E-state index contributed by atoms with van der Waals surface area (Å²) in [5.74, 6) is 0. The second-order valence-corrected chi connectivity index (χ2v) is 7.86. The minimum absolute atomic E-state index is 0.0488. The molecule has 0 amide bonds. The van der Waals surface area contributed by atoms with Crippen molar-refractivity contribution >= 4 is 7.37 Å². The van der Waals surface area contributed by atoms with Gasteiger partial charge < -0.3 is 29.4 Å². The maximum Gasteiger partial charge on any atom is 0.257 e. The van der Waals surface area contributed by atoms with Crippen LogP contribution in [0.25, 0.3) is 0 Å². The quantitative estimate of drug-likeness (QED) is 0.469. The van der Waals surface area contributed by atoms with Crippen molar-refractivity contribution in [3.05, 3.63) is 34.2 Å². The Morgan fingerprint density at radius 1 is 1.42 bits per heavy atom. The van der Waals surface area contributed by atoms with Crippen LogP contribution in [0.4, 0.5) is 0 Å². The second-order valence-electron chi connectivity index (χ2n) is 5.56. The van der Waals surface area contributed by atoms with Crippen molar-refractivity contribution in [1.29, 1.82) is 0 Å². The van der Waals surface area contributed by atoms with E-state index in [4.69, 9.17) is 14.2 Å². The normalized spacial score (nSPS) is 24.0. The molecule has 0 bridgehead atoms. The fourth-order valence-corrected chi connectivity index (χ4v) is 4.33. The van der Waals surface area contributed by atoms with Crippen LogP contribution in [0.15, 0.2) is 23.1 Å². The van der Waals surface area contributed by atoms with Crippen molar-refractivity contribution in [3.63, 3.8) is 0 Å². The van der Waals surface area contributed by atoms with Crippen LogP contribution < -0.4 is 10.9 Å². The number of pyridine rings is 1. The first-order chi connectivity index (χ1) is 11.5. The van der Waals surface area contributed by atoms with Gasteiger partial charge in [-0.05, 0) is 25.5 Å². The van der Waals surface area contributed by atoms with Crippen LogP contribution in [0.2, 0.25) is 0 Å². The molecule has 1 aromatic heterocycles. The number of ether oxygens (including phenoxy) is 3. The van der Waals surface area contributed by atoms with Gasteiger partial charge in [-0.2, -0.15) is 0 Å². The van der Waals surface area contributed by atoms with Crippen LogP contribution in [0, 0.1) is 0 Å². The van der Waals surface area contributed by atoms with E-state index < -0.39 is 19.5 Å². The summed E-state index contributed by atoms with van der Waals surface area (Å²) in [7, 11) is -3.67. The molecule has 1 saturated heterocycles. The van der Waals surface area contributed by atoms with Crippen LogP contribution in [-0.2, 0) is 18.8 Å². The number of nitrogens with one attached hydrogen (secondary N) is 2. The van der Waals surface area contributed by atoms with Gasteiger partial charge in [-0.15, -0.1) is 0 Å². The van der Waals surface area contributed by atoms with Crippen LogP contribution in [0.1, 0.15) is 25.5 Å². The Morgan fingerprint density at radius 3 is 2.67 bits per heavy atom. The van der Waals surface area contributed by atoms with Crippen molar-refractivity contribution in [2.24, 2.45) is 0 Å². The van der Waals surface area contributed by atoms with Gasteiger partial charge in [0.25, 0.3) is 7.37 Å². The zero-order chi connectivity index (χ0) is 17.6. The molecule has 1 aliphatic rings. The van der Waals surface area contributed by atoms with Gasteiger partial charge in [0.2, 0.25) is 11.6 Å². The zero-order valence-corrected chi connectivity index (χ0v) is 14.8. The molecule has 8 nitrogen and oxygen atoms in total. The molecule has 1 fully saturated rings. The third-order valence-corrected chi connectivity index (χ3v) is 5.59. The standard InChI is InChI=1S/C15H25N2O6P/c1-3-21-15(22-4-2)24(19,20)10-12-8-17-13(9-23-12)11-5-6-16-14(18)7-11/h5-7,12-13,15,17H,3-4,8-10H2,1-2H3,(H,16,18)(H,19,20)/t12-,13-/m1/s1. The van der Waals surface area contributed by atoms with Gasteiger partial charge in [-0.25, -0.2) is 0 Å². The molecule has 3 N–H and O–H groups in total. The van der Waals surface area contributed by atoms with E-state index in [9.17, 15) is 14.3 Å². The van der Waals surface area contributed by atoms with E-state index >= 15 is 0 Å². The molecule has 1 unspecified atom stereocenters. The van der Waals surface area contributed by atoms with Crippen molar-refractivity contribution in [3.8, 4) is 0 Å². The molecule has 1 aromatic rings. The molecule has 2 rings (SSSR count). The third-order valence-electron chi connectivity index (χ3n) is 3.71. The Morgan fingerprint density at radius 2 is 2.12 bits per heavy atom. The number of aromatic nitrogens is 1. The van der Waals surface area contributed by atoms with Crippen molar-refractivity contribution < 1.29 is 23.7 Å². The lowest BCUT2D eigenvalue weighted by atomic mass is 10.1. The molecule has 1 aliphatic heterocycles. The summed E-state index contributed by atoms with van der Waals surface area (Å²) in [6.07, 6.45) is 1.12. The fourth-order valence-electron chi connectivity index (χ4n) is 2.58. The van der Waals surface area contributed by atoms with E-state index in [2.05, 4.69) is 10.3 Å². The highest BCUT2D eigenvalue weighted by atomic mass is 31.2. The van der Waals surface area contributed by atoms with Gasteiger partial charge in [0.1, 0.15) is 0 Å². The zero-order valence-electron chi connectivity index (χ0n) is 13.9. The summed E-state index contributed by atoms with van der Waals surface area (Å²) in [4.78, 5) is 24.2. The Labute approximate surface area is 141 Å². The number of aromatic amines is 1. The van der Waals surface area contributed by atoms with E-state index in [1.807, 2.05) is 0 Å². The SMILES string of the molecule is CCOC(OCC)P(=O)(O)C[C@H]1CN[C@@H](c2cc[nH]c(=O)c2)CO1. The number of morpholine rings is 1. The molecule has 0 saturated carbocycles. The fraction of sp³-hybridized carbons (Fsp3) is 0.667. The lowest BCUT2D eigenvalue weighted by molar-refractivity contribution is -0.0884. The van der Waals surface area contributed by atoms with Gasteiger partial charge in [0, 0.05) is 32.0 Å². The first-order valence-corrected chi connectivity index (χ1v) is 9.96. The summed E-state index contributed by atoms with van der Waals surface area (Å²) in [6.45, 7) is 4.82. The van der Waals surface area contributed by atoms with Gasteiger partial charge in [0.05, 0.1) is 24.9 Å². The molecule has 9 heteroatoms. The minimum Gasteiger partial charge on any atom is -0.374 e. The highest BCUT2D eigenvalue weighted by molar-refractivity contribution is 7.58. The van der Waals surface area contributed by atoms with E-state index in [0.717, 1.165) is 5.56 Å². The number of hydrogen-bond donors (Lipinski definition) is 3. The highest BCUT2D eigenvalue weighted by Crippen LogP contribution is 2.48. The molecule has 136 valence electrons. The monoisotopic (exact) mass is 360 g/mol. The molecule has 0 spiro atoms. The molecular formula is C15H25N2O6P. The molecule has 24 heavy (non-hydrogen) atoms. The summed E-state index contributed by atoms with van der Waals surface area (Å²) in [6, 6.07) is 2.08. The Bertz CT molecular complexity index is 608. The Balaban J connectivity index is 1.92. The smallest absolute Gasteiger partial charge is 0.257 e. The molecule has 3 atom stereocenters. The predicted octanol–water partition coefficient (Wildman–Crippen LogP) is 1.03. The van der Waals surface area contributed by atoms with Crippen LogP contribution in [-0.4, -0.2) is 54.5 Å². The van der Waals surface area contributed by atoms with Crippen molar-refractivity contribution in [1.82, 2.24) is 10.3 Å². The van der Waals surface area contributed by atoms with Gasteiger partial charge in [-0.3, -0.25) is 9.36 Å². The average molecular weight is 360 g/mol. The lowest BCUT2D eigenvalue weighted by Gasteiger charge is -2.32. The van der Waals surface area contributed by atoms with Crippen molar-refractivity contribution in [2.45, 2.75) is 32.0 Å². The maximum atomic E-state index is 12.5. The Kier molecular flexibility index (Phi) is 7.16. The molecular weight excluding hydrogens is 335 g/mol. The van der Waals surface area contributed by atoms with Crippen molar-refractivity contribution in [2.75, 3.05) is 32.5 Å². The van der Waals surface area contributed by atoms with Crippen LogP contribution in [0.5, 0.6) is 0 Å². The summed E-state index contributed by atoms with van der Waals surface area (Å²) >= 11 is 0. The lowest BCUT2D eigenvalue weighted by Crippen LogP contribution is -2.43. The van der Waals surface area contributed by atoms with Gasteiger partial charge in [-0.1, -0.05) is 0 Å². The highest BCUT2D eigenvalue weighted by Gasteiger charge is 2.37. The molecule has 0 aromatic carbocycles. The topological polar surface area (TPSA) is 110 Å². The minimum atomic E-state index is -3.67. The van der Waals surface area contributed by atoms with E-state index in [0.29, 0.717) is 26.4 Å². The molecule has 0 aliphatic carbocycles. The summed E-state index contributed by atoms with van der Waals surface area (Å²) in [5.41, 5.74) is 0.651.